The summed E-state index contributed by atoms with van der Waals surface area (Å²) < 4.78 is 10.4. The molecule has 0 bridgehead atoms. The predicted octanol–water partition coefficient (Wildman–Crippen LogP) is 1.84. The Bertz CT molecular complexity index is 565. The summed E-state index contributed by atoms with van der Waals surface area (Å²) in [5, 5.41) is 2.81. The number of nitrogens with zero attached hydrogens (tertiary/aromatic N) is 1. The number of carbonyl (C=O) groups excluding carboxylic acids is 2. The van der Waals surface area contributed by atoms with Crippen LogP contribution in [0.2, 0.25) is 0 Å². The second-order valence-electron chi connectivity index (χ2n) is 6.76. The Morgan fingerprint density at radius 3 is 2.40 bits per heavy atom. The first-order valence-corrected chi connectivity index (χ1v) is 8.81. The molecule has 0 radical (unpaired) electrons. The zero-order valence-electron chi connectivity index (χ0n) is 15.3. The summed E-state index contributed by atoms with van der Waals surface area (Å²) in [4.78, 5) is 26.1. The van der Waals surface area contributed by atoms with Gasteiger partial charge < -0.3 is 14.8 Å². The van der Waals surface area contributed by atoms with Crippen LogP contribution in [0.1, 0.15) is 36.7 Å². The molecule has 0 aromatic heterocycles. The molecule has 2 rings (SSSR count). The Morgan fingerprint density at radius 1 is 1.16 bits per heavy atom. The molecule has 0 unspecified atom stereocenters. The van der Waals surface area contributed by atoms with E-state index in [1.165, 1.54) is 0 Å². The highest BCUT2D eigenvalue weighted by Gasteiger charge is 2.14. The number of esters is 1. The van der Waals surface area contributed by atoms with E-state index in [1.807, 2.05) is 32.9 Å². The van der Waals surface area contributed by atoms with Crippen LogP contribution < -0.4 is 5.32 Å². The zero-order chi connectivity index (χ0) is 18.2. The van der Waals surface area contributed by atoms with E-state index in [2.05, 4.69) is 10.2 Å². The van der Waals surface area contributed by atoms with Crippen molar-refractivity contribution in [2.45, 2.75) is 33.4 Å². The highest BCUT2D eigenvalue weighted by Crippen LogP contribution is 2.10. The molecule has 1 aromatic rings. The number of nitrogens with one attached hydrogen (secondary N) is 1. The molecule has 1 aliphatic rings. The molecular formula is C19H28N2O4. The van der Waals surface area contributed by atoms with Crippen molar-refractivity contribution in [1.29, 1.82) is 0 Å². The lowest BCUT2D eigenvalue weighted by Crippen LogP contribution is -2.38. The summed E-state index contributed by atoms with van der Waals surface area (Å²) >= 11 is 0. The minimum atomic E-state index is -0.481. The first kappa shape index (κ1) is 19.4. The molecule has 1 fully saturated rings. The van der Waals surface area contributed by atoms with Crippen LogP contribution in [0, 0.1) is 5.92 Å². The van der Waals surface area contributed by atoms with Gasteiger partial charge >= 0.3 is 5.97 Å². The van der Waals surface area contributed by atoms with E-state index in [4.69, 9.17) is 9.47 Å². The lowest BCUT2D eigenvalue weighted by Gasteiger charge is -2.26. The number of benzene rings is 1. The quantitative estimate of drug-likeness (QED) is 0.762. The Morgan fingerprint density at radius 2 is 1.80 bits per heavy atom. The summed E-state index contributed by atoms with van der Waals surface area (Å²) in [6.07, 6.45) is 0. The van der Waals surface area contributed by atoms with Crippen molar-refractivity contribution in [2.75, 3.05) is 32.9 Å². The van der Waals surface area contributed by atoms with Crippen molar-refractivity contribution in [1.82, 2.24) is 10.2 Å². The average molecular weight is 348 g/mol. The number of ether oxygens (including phenoxy) is 2. The summed E-state index contributed by atoms with van der Waals surface area (Å²) in [6, 6.07) is 7.38. The molecule has 1 aliphatic heterocycles. The Kier molecular flexibility index (Phi) is 7.40. The van der Waals surface area contributed by atoms with Crippen molar-refractivity contribution in [3.8, 4) is 0 Å². The van der Waals surface area contributed by atoms with Crippen LogP contribution in [-0.4, -0.2) is 55.7 Å². The number of morpholine rings is 1. The fourth-order valence-electron chi connectivity index (χ4n) is 2.44. The van der Waals surface area contributed by atoms with Gasteiger partial charge in [-0.15, -0.1) is 0 Å². The highest BCUT2D eigenvalue weighted by atomic mass is 16.5. The zero-order valence-corrected chi connectivity index (χ0v) is 15.3. The molecule has 1 N–H and O–H groups in total. The van der Waals surface area contributed by atoms with Crippen molar-refractivity contribution in [2.24, 2.45) is 5.92 Å². The third kappa shape index (κ3) is 6.48. The van der Waals surface area contributed by atoms with Gasteiger partial charge in [-0.2, -0.15) is 0 Å². The van der Waals surface area contributed by atoms with Crippen LogP contribution in [-0.2, 0) is 20.8 Å². The number of rotatable bonds is 7. The van der Waals surface area contributed by atoms with E-state index in [0.717, 1.165) is 38.4 Å². The normalized spacial score (nSPS) is 16.5. The second-order valence-corrected chi connectivity index (χ2v) is 6.76. The van der Waals surface area contributed by atoms with Gasteiger partial charge in [-0.1, -0.05) is 26.0 Å². The van der Waals surface area contributed by atoms with Crippen LogP contribution >= 0.6 is 0 Å². The molecule has 1 amide bonds. The van der Waals surface area contributed by atoms with E-state index < -0.39 is 5.97 Å². The van der Waals surface area contributed by atoms with E-state index in [1.54, 1.807) is 12.1 Å². The molecule has 6 nitrogen and oxygen atoms in total. The maximum Gasteiger partial charge on any atom is 0.338 e. The number of amides is 1. The van der Waals surface area contributed by atoms with Gasteiger partial charge in [0.25, 0.3) is 5.91 Å². The molecule has 1 heterocycles. The van der Waals surface area contributed by atoms with E-state index in [-0.39, 0.29) is 18.6 Å². The third-order valence-electron chi connectivity index (χ3n) is 4.42. The lowest BCUT2D eigenvalue weighted by molar-refractivity contribution is -0.125. The van der Waals surface area contributed by atoms with Crippen molar-refractivity contribution >= 4 is 11.9 Å². The van der Waals surface area contributed by atoms with Crippen LogP contribution in [0.3, 0.4) is 0 Å². The SMILES string of the molecule is CC(C)[C@@H](C)NC(=O)COC(=O)c1ccc(CN2CCOCC2)cc1. The molecule has 0 saturated carbocycles. The van der Waals surface area contributed by atoms with Crippen LogP contribution in [0.25, 0.3) is 0 Å². The maximum atomic E-state index is 12.0. The first-order valence-electron chi connectivity index (χ1n) is 8.81. The number of hydrogen-bond donors (Lipinski definition) is 1. The third-order valence-corrected chi connectivity index (χ3v) is 4.42. The van der Waals surface area contributed by atoms with Crippen molar-refractivity contribution in [3.05, 3.63) is 35.4 Å². The largest absolute Gasteiger partial charge is 0.452 e. The molecule has 1 aromatic carbocycles. The number of hydrogen-bond acceptors (Lipinski definition) is 5. The summed E-state index contributed by atoms with van der Waals surface area (Å²) in [7, 11) is 0. The van der Waals surface area contributed by atoms with Gasteiger partial charge in [0.05, 0.1) is 18.8 Å². The smallest absolute Gasteiger partial charge is 0.338 e. The molecule has 6 heteroatoms. The minimum absolute atomic E-state index is 0.0469. The summed E-state index contributed by atoms with van der Waals surface area (Å²) in [5.41, 5.74) is 1.59. The minimum Gasteiger partial charge on any atom is -0.452 e. The van der Waals surface area contributed by atoms with Crippen LogP contribution in [0.4, 0.5) is 0 Å². The fourth-order valence-corrected chi connectivity index (χ4v) is 2.44. The first-order chi connectivity index (χ1) is 12.0. The van der Waals surface area contributed by atoms with Gasteiger partial charge in [-0.3, -0.25) is 9.69 Å². The van der Waals surface area contributed by atoms with Crippen LogP contribution in [0.15, 0.2) is 24.3 Å². The Hall–Kier alpha value is -1.92. The van der Waals surface area contributed by atoms with E-state index >= 15 is 0 Å². The summed E-state index contributed by atoms with van der Waals surface area (Å²) in [5.74, 6) is -0.428. The average Bonchev–Trinajstić information content (AvgIpc) is 2.61. The standard InChI is InChI=1S/C19H28N2O4/c1-14(2)15(3)20-18(22)13-25-19(23)17-6-4-16(5-7-17)12-21-8-10-24-11-9-21/h4-7,14-15H,8-13H2,1-3H3,(H,20,22)/t15-/m1/s1. The summed E-state index contributed by atoms with van der Waals surface area (Å²) in [6.45, 7) is 9.94. The molecule has 138 valence electrons. The highest BCUT2D eigenvalue weighted by molar-refractivity contribution is 5.91. The molecule has 0 aliphatic carbocycles. The van der Waals surface area contributed by atoms with Gasteiger partial charge in [-0.05, 0) is 30.5 Å². The predicted molar refractivity (Wildman–Crippen MR) is 95.3 cm³/mol. The molecule has 0 spiro atoms. The topological polar surface area (TPSA) is 67.9 Å². The lowest BCUT2D eigenvalue weighted by atomic mass is 10.1. The Balaban J connectivity index is 1.78. The van der Waals surface area contributed by atoms with Gasteiger partial charge in [0.2, 0.25) is 0 Å². The molecule has 25 heavy (non-hydrogen) atoms. The number of carbonyl (C=O) groups is 2. The fraction of sp³-hybridized carbons (Fsp3) is 0.579. The van der Waals surface area contributed by atoms with E-state index in [0.29, 0.717) is 11.5 Å². The van der Waals surface area contributed by atoms with Gasteiger partial charge in [0.1, 0.15) is 0 Å². The van der Waals surface area contributed by atoms with Crippen molar-refractivity contribution in [3.63, 3.8) is 0 Å². The van der Waals surface area contributed by atoms with Gasteiger partial charge in [0.15, 0.2) is 6.61 Å². The van der Waals surface area contributed by atoms with Gasteiger partial charge in [-0.25, -0.2) is 4.79 Å². The van der Waals surface area contributed by atoms with Crippen molar-refractivity contribution < 1.29 is 19.1 Å². The maximum absolute atomic E-state index is 12.0. The Labute approximate surface area is 149 Å². The van der Waals surface area contributed by atoms with E-state index in [9.17, 15) is 9.59 Å². The molecular weight excluding hydrogens is 320 g/mol. The second kappa shape index (κ2) is 9.53. The monoisotopic (exact) mass is 348 g/mol. The van der Waals surface area contributed by atoms with Crippen LogP contribution in [0.5, 0.6) is 0 Å². The van der Waals surface area contributed by atoms with Gasteiger partial charge in [0, 0.05) is 25.7 Å². The molecule has 1 saturated heterocycles. The molecule has 1 atom stereocenters.